The molecule has 18 heavy (non-hydrogen) atoms. The van der Waals surface area contributed by atoms with Gasteiger partial charge in [0.1, 0.15) is 5.75 Å². The van der Waals surface area contributed by atoms with Crippen LogP contribution in [0.4, 0.5) is 5.69 Å². The minimum atomic E-state index is 0.263. The van der Waals surface area contributed by atoms with E-state index in [1.165, 1.54) is 4.88 Å². The van der Waals surface area contributed by atoms with Crippen LogP contribution in [0.1, 0.15) is 31.2 Å². The van der Waals surface area contributed by atoms with Gasteiger partial charge in [-0.2, -0.15) is 0 Å². The molecule has 1 aromatic heterocycles. The van der Waals surface area contributed by atoms with Gasteiger partial charge in [-0.3, -0.25) is 4.98 Å². The molecule has 1 heterocycles. The molecule has 0 spiro atoms. The second-order valence-corrected chi connectivity index (χ2v) is 5.06. The van der Waals surface area contributed by atoms with Crippen LogP contribution in [0.2, 0.25) is 0 Å². The summed E-state index contributed by atoms with van der Waals surface area (Å²) in [6.45, 7) is 4.99. The fraction of sp³-hybridized carbons (Fsp3) is 0.357. The van der Waals surface area contributed by atoms with Crippen LogP contribution < -0.4 is 10.1 Å². The molecule has 1 unspecified atom stereocenters. The molecule has 96 valence electrons. The van der Waals surface area contributed by atoms with Crippen LogP contribution in [0.5, 0.6) is 5.75 Å². The van der Waals surface area contributed by atoms with E-state index in [9.17, 15) is 0 Å². The maximum absolute atomic E-state index is 5.62. The SMILES string of the molecule is CCCOc1cccc(NC(C)c2cncs2)c1. The molecule has 0 radical (unpaired) electrons. The number of nitrogens with zero attached hydrogens (tertiary/aromatic N) is 1. The van der Waals surface area contributed by atoms with Gasteiger partial charge in [-0.25, -0.2) is 0 Å². The van der Waals surface area contributed by atoms with E-state index < -0.39 is 0 Å². The number of benzene rings is 1. The van der Waals surface area contributed by atoms with Gasteiger partial charge < -0.3 is 10.1 Å². The Labute approximate surface area is 112 Å². The highest BCUT2D eigenvalue weighted by Gasteiger charge is 2.07. The fourth-order valence-corrected chi connectivity index (χ4v) is 2.28. The number of nitrogens with one attached hydrogen (secondary N) is 1. The highest BCUT2D eigenvalue weighted by molar-refractivity contribution is 7.09. The normalized spacial score (nSPS) is 12.1. The maximum atomic E-state index is 5.62. The lowest BCUT2D eigenvalue weighted by Crippen LogP contribution is -2.05. The highest BCUT2D eigenvalue weighted by atomic mass is 32.1. The van der Waals surface area contributed by atoms with E-state index in [1.54, 1.807) is 11.3 Å². The third kappa shape index (κ3) is 3.47. The van der Waals surface area contributed by atoms with Gasteiger partial charge in [-0.15, -0.1) is 11.3 Å². The summed E-state index contributed by atoms with van der Waals surface area (Å²) in [5.74, 6) is 0.915. The zero-order valence-electron chi connectivity index (χ0n) is 10.7. The number of hydrogen-bond donors (Lipinski definition) is 1. The average Bonchev–Trinajstić information content (AvgIpc) is 2.91. The molecular formula is C14H18N2OS. The van der Waals surface area contributed by atoms with Crippen LogP contribution >= 0.6 is 11.3 Å². The van der Waals surface area contributed by atoms with Crippen molar-refractivity contribution in [3.8, 4) is 5.75 Å². The lowest BCUT2D eigenvalue weighted by atomic mass is 10.2. The molecule has 1 N–H and O–H groups in total. The third-order valence-corrected chi connectivity index (χ3v) is 3.53. The van der Waals surface area contributed by atoms with Crippen LogP contribution in [-0.2, 0) is 0 Å². The fourth-order valence-electron chi connectivity index (χ4n) is 1.66. The van der Waals surface area contributed by atoms with Gasteiger partial charge >= 0.3 is 0 Å². The van der Waals surface area contributed by atoms with Gasteiger partial charge in [-0.05, 0) is 25.5 Å². The summed E-state index contributed by atoms with van der Waals surface area (Å²) in [5, 5.41) is 3.45. The molecule has 2 aromatic rings. The second-order valence-electron chi connectivity index (χ2n) is 4.15. The lowest BCUT2D eigenvalue weighted by Gasteiger charge is -2.14. The Morgan fingerprint density at radius 3 is 3.06 bits per heavy atom. The number of hydrogen-bond acceptors (Lipinski definition) is 4. The molecule has 0 saturated heterocycles. The van der Waals surface area contributed by atoms with Crippen molar-refractivity contribution >= 4 is 17.0 Å². The largest absolute Gasteiger partial charge is 0.494 e. The molecule has 0 aliphatic heterocycles. The molecule has 0 saturated carbocycles. The zero-order chi connectivity index (χ0) is 12.8. The molecule has 0 aliphatic carbocycles. The summed E-state index contributed by atoms with van der Waals surface area (Å²) in [5.41, 5.74) is 2.93. The Morgan fingerprint density at radius 1 is 1.44 bits per heavy atom. The lowest BCUT2D eigenvalue weighted by molar-refractivity contribution is 0.317. The zero-order valence-corrected chi connectivity index (χ0v) is 11.5. The summed E-state index contributed by atoms with van der Waals surface area (Å²) in [4.78, 5) is 5.33. The first-order valence-electron chi connectivity index (χ1n) is 6.17. The number of rotatable bonds is 6. The van der Waals surface area contributed by atoms with Crippen molar-refractivity contribution in [2.24, 2.45) is 0 Å². The minimum Gasteiger partial charge on any atom is -0.494 e. The van der Waals surface area contributed by atoms with Gasteiger partial charge in [0.2, 0.25) is 0 Å². The smallest absolute Gasteiger partial charge is 0.121 e. The Bertz CT molecular complexity index is 470. The predicted molar refractivity (Wildman–Crippen MR) is 76.4 cm³/mol. The van der Waals surface area contributed by atoms with Crippen LogP contribution in [0, 0.1) is 0 Å². The maximum Gasteiger partial charge on any atom is 0.121 e. The molecule has 3 nitrogen and oxygen atoms in total. The number of aromatic nitrogens is 1. The Balaban J connectivity index is 2.00. The topological polar surface area (TPSA) is 34.1 Å². The summed E-state index contributed by atoms with van der Waals surface area (Å²) < 4.78 is 5.62. The Hall–Kier alpha value is -1.55. The monoisotopic (exact) mass is 262 g/mol. The summed E-state index contributed by atoms with van der Waals surface area (Å²) in [6, 6.07) is 8.34. The molecule has 0 fully saturated rings. The Morgan fingerprint density at radius 2 is 2.33 bits per heavy atom. The van der Waals surface area contributed by atoms with Gasteiger partial charge in [0.15, 0.2) is 0 Å². The minimum absolute atomic E-state index is 0.263. The van der Waals surface area contributed by atoms with Crippen molar-refractivity contribution in [2.75, 3.05) is 11.9 Å². The standard InChI is InChI=1S/C14H18N2OS/c1-3-7-17-13-6-4-5-12(8-13)16-11(2)14-9-15-10-18-14/h4-6,8-11,16H,3,7H2,1-2H3. The van der Waals surface area contributed by atoms with Gasteiger partial charge in [0.05, 0.1) is 18.2 Å². The van der Waals surface area contributed by atoms with E-state index in [-0.39, 0.29) is 6.04 Å². The second kappa shape index (κ2) is 6.40. The van der Waals surface area contributed by atoms with Crippen LogP contribution in [0.15, 0.2) is 36.0 Å². The first kappa shape index (κ1) is 12.9. The number of anilines is 1. The highest BCUT2D eigenvalue weighted by Crippen LogP contribution is 2.24. The third-order valence-electron chi connectivity index (χ3n) is 2.57. The molecular weight excluding hydrogens is 244 g/mol. The van der Waals surface area contributed by atoms with E-state index in [1.807, 2.05) is 29.9 Å². The van der Waals surface area contributed by atoms with Crippen molar-refractivity contribution < 1.29 is 4.74 Å². The van der Waals surface area contributed by atoms with Crippen molar-refractivity contribution in [3.05, 3.63) is 40.8 Å². The van der Waals surface area contributed by atoms with Gasteiger partial charge in [-0.1, -0.05) is 13.0 Å². The van der Waals surface area contributed by atoms with Crippen molar-refractivity contribution in [2.45, 2.75) is 26.3 Å². The van der Waals surface area contributed by atoms with Crippen LogP contribution in [-0.4, -0.2) is 11.6 Å². The van der Waals surface area contributed by atoms with E-state index >= 15 is 0 Å². The van der Waals surface area contributed by atoms with Crippen molar-refractivity contribution in [3.63, 3.8) is 0 Å². The molecule has 4 heteroatoms. The van der Waals surface area contributed by atoms with Gasteiger partial charge in [0.25, 0.3) is 0 Å². The molecule has 2 rings (SSSR count). The summed E-state index contributed by atoms with van der Waals surface area (Å²) in [6.07, 6.45) is 2.93. The van der Waals surface area contributed by atoms with Crippen molar-refractivity contribution in [1.82, 2.24) is 4.98 Å². The molecule has 1 aromatic carbocycles. The van der Waals surface area contributed by atoms with E-state index in [2.05, 4.69) is 30.2 Å². The van der Waals surface area contributed by atoms with Crippen LogP contribution in [0.3, 0.4) is 0 Å². The molecule has 0 bridgehead atoms. The van der Waals surface area contributed by atoms with Gasteiger partial charge in [0, 0.05) is 22.8 Å². The summed E-state index contributed by atoms with van der Waals surface area (Å²) in [7, 11) is 0. The Kier molecular flexibility index (Phi) is 4.59. The van der Waals surface area contributed by atoms with Crippen molar-refractivity contribution in [1.29, 1.82) is 0 Å². The molecule has 0 amide bonds. The van der Waals surface area contributed by atoms with E-state index in [4.69, 9.17) is 4.74 Å². The first-order valence-corrected chi connectivity index (χ1v) is 7.05. The number of thiazole rings is 1. The first-order chi connectivity index (χ1) is 8.79. The average molecular weight is 262 g/mol. The summed E-state index contributed by atoms with van der Waals surface area (Å²) >= 11 is 1.66. The van der Waals surface area contributed by atoms with Crippen LogP contribution in [0.25, 0.3) is 0 Å². The molecule has 0 aliphatic rings. The molecule has 1 atom stereocenters. The number of ether oxygens (including phenoxy) is 1. The van der Waals surface area contributed by atoms with E-state index in [0.29, 0.717) is 0 Å². The quantitative estimate of drug-likeness (QED) is 0.851. The predicted octanol–water partition coefficient (Wildman–Crippen LogP) is 4.11. The van der Waals surface area contributed by atoms with E-state index in [0.717, 1.165) is 24.5 Å².